The molecule has 0 atom stereocenters. The van der Waals surface area contributed by atoms with E-state index < -0.39 is 0 Å². The number of halogens is 1. The minimum Gasteiger partial charge on any atom is -0.378 e. The van der Waals surface area contributed by atoms with E-state index in [1.807, 2.05) is 13.0 Å². The summed E-state index contributed by atoms with van der Waals surface area (Å²) in [6.07, 6.45) is 2.17. The fourth-order valence-electron chi connectivity index (χ4n) is 3.04. The molecular weight excluding hydrogens is 282 g/mol. The second kappa shape index (κ2) is 6.99. The van der Waals surface area contributed by atoms with Crippen molar-refractivity contribution >= 4 is 17.3 Å². The summed E-state index contributed by atoms with van der Waals surface area (Å²) in [6.45, 7) is 10.6. The molecule has 2 rings (SSSR count). The molecule has 118 valence electrons. The Bertz CT molecular complexity index is 465. The fourth-order valence-corrected chi connectivity index (χ4v) is 3.22. The summed E-state index contributed by atoms with van der Waals surface area (Å²) in [7, 11) is 0. The Kier molecular flexibility index (Phi) is 5.53. The number of nitrogens with one attached hydrogen (secondary N) is 1. The van der Waals surface area contributed by atoms with Crippen LogP contribution in [-0.2, 0) is 0 Å². The van der Waals surface area contributed by atoms with Crippen LogP contribution in [0.15, 0.2) is 18.2 Å². The van der Waals surface area contributed by atoms with Crippen molar-refractivity contribution < 1.29 is 0 Å². The van der Waals surface area contributed by atoms with Gasteiger partial charge in [-0.3, -0.25) is 0 Å². The Balaban J connectivity index is 2.01. The summed E-state index contributed by atoms with van der Waals surface area (Å²) < 4.78 is 0. The quantitative estimate of drug-likeness (QED) is 0.874. The number of aryl methyl sites for hydroxylation is 1. The minimum atomic E-state index is 0.00602. The van der Waals surface area contributed by atoms with Gasteiger partial charge in [0.25, 0.3) is 0 Å². The number of hydrogen-bond acceptors (Lipinski definition) is 3. The first-order valence-electron chi connectivity index (χ1n) is 7.91. The molecule has 1 aromatic rings. The highest BCUT2D eigenvalue weighted by Crippen LogP contribution is 2.28. The molecule has 0 amide bonds. The summed E-state index contributed by atoms with van der Waals surface area (Å²) in [5.74, 6) is 0.722. The normalized spacial score (nSPS) is 19.0. The summed E-state index contributed by atoms with van der Waals surface area (Å²) in [6, 6.07) is 6.16. The number of likely N-dealkylation sites (tertiary alicyclic amines) is 1. The van der Waals surface area contributed by atoms with Crippen LogP contribution < -0.4 is 11.1 Å². The maximum Gasteiger partial charge on any atom is 0.0520 e. The minimum absolute atomic E-state index is 0.00602. The Labute approximate surface area is 133 Å². The van der Waals surface area contributed by atoms with E-state index in [0.29, 0.717) is 6.54 Å². The van der Waals surface area contributed by atoms with Crippen LogP contribution in [0.25, 0.3) is 0 Å². The maximum absolute atomic E-state index is 6.22. The number of piperidine rings is 1. The van der Waals surface area contributed by atoms with Crippen molar-refractivity contribution in [3.8, 4) is 0 Å². The molecule has 1 fully saturated rings. The molecular formula is C17H28ClN3. The molecule has 0 spiro atoms. The van der Waals surface area contributed by atoms with E-state index in [2.05, 4.69) is 36.2 Å². The first-order chi connectivity index (χ1) is 9.94. The van der Waals surface area contributed by atoms with Crippen molar-refractivity contribution in [2.24, 2.45) is 11.7 Å². The van der Waals surface area contributed by atoms with Gasteiger partial charge in [-0.15, -0.1) is 0 Å². The summed E-state index contributed by atoms with van der Waals surface area (Å²) in [5, 5.41) is 4.46. The largest absolute Gasteiger partial charge is 0.378 e. The van der Waals surface area contributed by atoms with Crippen LogP contribution in [0.3, 0.4) is 0 Å². The Morgan fingerprint density at radius 3 is 2.52 bits per heavy atom. The third-order valence-electron chi connectivity index (χ3n) is 4.41. The van der Waals surface area contributed by atoms with Crippen molar-refractivity contribution in [2.75, 3.05) is 31.5 Å². The van der Waals surface area contributed by atoms with E-state index in [1.54, 1.807) is 0 Å². The van der Waals surface area contributed by atoms with E-state index >= 15 is 0 Å². The lowest BCUT2D eigenvalue weighted by atomic mass is 9.86. The monoisotopic (exact) mass is 309 g/mol. The SMILES string of the molecule is Cc1ccc(NC2(CN)CCN(CC(C)C)CC2)cc1Cl. The smallest absolute Gasteiger partial charge is 0.0520 e. The zero-order valence-corrected chi connectivity index (χ0v) is 14.2. The topological polar surface area (TPSA) is 41.3 Å². The van der Waals surface area contributed by atoms with Crippen molar-refractivity contribution in [3.63, 3.8) is 0 Å². The second-order valence-corrected chi connectivity index (χ2v) is 7.18. The van der Waals surface area contributed by atoms with E-state index in [-0.39, 0.29) is 5.54 Å². The Morgan fingerprint density at radius 1 is 1.33 bits per heavy atom. The number of rotatable bonds is 5. The van der Waals surface area contributed by atoms with Gasteiger partial charge in [-0.25, -0.2) is 0 Å². The zero-order chi connectivity index (χ0) is 15.5. The van der Waals surface area contributed by atoms with Crippen molar-refractivity contribution in [1.29, 1.82) is 0 Å². The average molecular weight is 310 g/mol. The molecule has 1 aromatic carbocycles. The van der Waals surface area contributed by atoms with Crippen LogP contribution in [0, 0.1) is 12.8 Å². The highest BCUT2D eigenvalue weighted by Gasteiger charge is 2.33. The van der Waals surface area contributed by atoms with Gasteiger partial charge in [0, 0.05) is 36.9 Å². The number of benzene rings is 1. The number of anilines is 1. The molecule has 1 heterocycles. The van der Waals surface area contributed by atoms with Crippen molar-refractivity contribution in [3.05, 3.63) is 28.8 Å². The van der Waals surface area contributed by atoms with Gasteiger partial charge in [0.1, 0.15) is 0 Å². The lowest BCUT2D eigenvalue weighted by Crippen LogP contribution is -2.54. The van der Waals surface area contributed by atoms with Crippen molar-refractivity contribution in [2.45, 2.75) is 39.2 Å². The second-order valence-electron chi connectivity index (χ2n) is 6.77. The van der Waals surface area contributed by atoms with E-state index in [4.69, 9.17) is 17.3 Å². The predicted octanol–water partition coefficient (Wildman–Crippen LogP) is 3.51. The average Bonchev–Trinajstić information content (AvgIpc) is 2.45. The van der Waals surface area contributed by atoms with E-state index in [0.717, 1.165) is 48.1 Å². The molecule has 3 nitrogen and oxygen atoms in total. The first kappa shape index (κ1) is 16.6. The number of hydrogen-bond donors (Lipinski definition) is 2. The predicted molar refractivity (Wildman–Crippen MR) is 92.1 cm³/mol. The Morgan fingerprint density at radius 2 is 2.00 bits per heavy atom. The van der Waals surface area contributed by atoms with Gasteiger partial charge in [-0.2, -0.15) is 0 Å². The highest BCUT2D eigenvalue weighted by molar-refractivity contribution is 6.31. The molecule has 1 saturated heterocycles. The lowest BCUT2D eigenvalue weighted by molar-refractivity contribution is 0.161. The molecule has 1 aliphatic heterocycles. The van der Waals surface area contributed by atoms with E-state index in [9.17, 15) is 0 Å². The number of nitrogens with zero attached hydrogens (tertiary/aromatic N) is 1. The molecule has 3 N–H and O–H groups in total. The highest BCUT2D eigenvalue weighted by atomic mass is 35.5. The molecule has 4 heteroatoms. The fraction of sp³-hybridized carbons (Fsp3) is 0.647. The maximum atomic E-state index is 6.22. The molecule has 0 aliphatic carbocycles. The molecule has 1 aliphatic rings. The standard InChI is InChI=1S/C17H28ClN3/c1-13(2)11-21-8-6-17(12-19,7-9-21)20-15-5-4-14(3)16(18)10-15/h4-5,10,13,20H,6-9,11-12,19H2,1-3H3. The van der Waals surface area contributed by atoms with Crippen LogP contribution in [0.1, 0.15) is 32.3 Å². The van der Waals surface area contributed by atoms with E-state index in [1.165, 1.54) is 6.54 Å². The Hall–Kier alpha value is -0.770. The molecule has 0 aromatic heterocycles. The van der Waals surface area contributed by atoms with Gasteiger partial charge in [-0.1, -0.05) is 31.5 Å². The molecule has 0 bridgehead atoms. The van der Waals surface area contributed by atoms with Crippen LogP contribution in [0.2, 0.25) is 5.02 Å². The summed E-state index contributed by atoms with van der Waals surface area (Å²) in [4.78, 5) is 2.54. The van der Waals surface area contributed by atoms with Gasteiger partial charge in [0.15, 0.2) is 0 Å². The van der Waals surface area contributed by atoms with Crippen LogP contribution in [-0.4, -0.2) is 36.6 Å². The zero-order valence-electron chi connectivity index (χ0n) is 13.5. The summed E-state index contributed by atoms with van der Waals surface area (Å²) in [5.41, 5.74) is 8.28. The van der Waals surface area contributed by atoms with Crippen LogP contribution in [0.4, 0.5) is 5.69 Å². The van der Waals surface area contributed by atoms with Gasteiger partial charge in [0.2, 0.25) is 0 Å². The first-order valence-corrected chi connectivity index (χ1v) is 8.29. The third-order valence-corrected chi connectivity index (χ3v) is 4.82. The molecule has 0 unspecified atom stereocenters. The van der Waals surface area contributed by atoms with Gasteiger partial charge in [-0.05, 0) is 43.4 Å². The molecule has 0 radical (unpaired) electrons. The van der Waals surface area contributed by atoms with Crippen LogP contribution >= 0.6 is 11.6 Å². The number of nitrogens with two attached hydrogens (primary N) is 1. The summed E-state index contributed by atoms with van der Waals surface area (Å²) >= 11 is 6.22. The lowest BCUT2D eigenvalue weighted by Gasteiger charge is -2.43. The van der Waals surface area contributed by atoms with Crippen molar-refractivity contribution in [1.82, 2.24) is 4.90 Å². The van der Waals surface area contributed by atoms with Gasteiger partial charge in [0.05, 0.1) is 5.54 Å². The third kappa shape index (κ3) is 4.35. The molecule has 21 heavy (non-hydrogen) atoms. The van der Waals surface area contributed by atoms with Gasteiger partial charge < -0.3 is 16.0 Å². The van der Waals surface area contributed by atoms with Crippen LogP contribution in [0.5, 0.6) is 0 Å². The van der Waals surface area contributed by atoms with Gasteiger partial charge >= 0.3 is 0 Å². The molecule has 0 saturated carbocycles.